The molecule has 1 aliphatic rings. The molecule has 1 heterocycles. The van der Waals surface area contributed by atoms with Crippen LogP contribution in [-0.4, -0.2) is 24.9 Å². The number of para-hydroxylation sites is 1. The lowest BCUT2D eigenvalue weighted by atomic mass is 9.88. The summed E-state index contributed by atoms with van der Waals surface area (Å²) in [6, 6.07) is 15.5. The van der Waals surface area contributed by atoms with Gasteiger partial charge < -0.3 is 10.2 Å². The van der Waals surface area contributed by atoms with Gasteiger partial charge in [-0.05, 0) is 62.4 Å². The second-order valence-electron chi connectivity index (χ2n) is 7.45. The molecule has 0 atom stereocenters. The first-order chi connectivity index (χ1) is 12.9. The van der Waals surface area contributed by atoms with Crippen molar-refractivity contribution in [1.29, 1.82) is 0 Å². The first-order valence-corrected chi connectivity index (χ1v) is 9.70. The van der Waals surface area contributed by atoms with Crippen molar-refractivity contribution in [3.63, 3.8) is 0 Å². The van der Waals surface area contributed by atoms with Gasteiger partial charge in [-0.1, -0.05) is 41.9 Å². The van der Waals surface area contributed by atoms with Gasteiger partial charge in [-0.15, -0.1) is 0 Å². The van der Waals surface area contributed by atoms with Crippen molar-refractivity contribution in [2.45, 2.75) is 33.1 Å². The highest BCUT2D eigenvalue weighted by atomic mass is 35.5. The second kappa shape index (κ2) is 8.13. The number of halogens is 1. The van der Waals surface area contributed by atoms with E-state index in [9.17, 15) is 9.59 Å². The van der Waals surface area contributed by atoms with Crippen molar-refractivity contribution in [3.05, 3.63) is 64.7 Å². The Kier molecular flexibility index (Phi) is 5.85. The summed E-state index contributed by atoms with van der Waals surface area (Å²) in [6.45, 7) is 4.53. The molecule has 142 valence electrons. The molecule has 0 fully saturated rings. The summed E-state index contributed by atoms with van der Waals surface area (Å²) in [5.74, 6) is -0.400. The quantitative estimate of drug-likeness (QED) is 0.792. The van der Waals surface area contributed by atoms with Crippen molar-refractivity contribution < 1.29 is 9.59 Å². The maximum Gasteiger partial charge on any atom is 0.242 e. The van der Waals surface area contributed by atoms with Gasteiger partial charge in [-0.3, -0.25) is 9.59 Å². The number of carbonyl (C=O) groups excluding carboxylic acids is 2. The lowest BCUT2D eigenvalue weighted by Gasteiger charge is -2.35. The lowest BCUT2D eigenvalue weighted by Crippen LogP contribution is -2.51. The third-order valence-electron chi connectivity index (χ3n) is 5.07. The van der Waals surface area contributed by atoms with E-state index in [1.54, 1.807) is 18.7 Å². The number of rotatable bonds is 5. The Morgan fingerprint density at radius 2 is 1.81 bits per heavy atom. The van der Waals surface area contributed by atoms with Crippen molar-refractivity contribution in [3.8, 4) is 0 Å². The topological polar surface area (TPSA) is 49.4 Å². The van der Waals surface area contributed by atoms with E-state index in [0.29, 0.717) is 24.5 Å². The van der Waals surface area contributed by atoms with Crippen molar-refractivity contribution in [2.75, 3.05) is 18.0 Å². The summed E-state index contributed by atoms with van der Waals surface area (Å²) < 4.78 is 0. The number of nitrogens with zero attached hydrogens (tertiary/aromatic N) is 1. The molecule has 3 rings (SSSR count). The Labute approximate surface area is 165 Å². The molecule has 0 radical (unpaired) electrons. The van der Waals surface area contributed by atoms with Crippen LogP contribution in [0, 0.1) is 5.41 Å². The van der Waals surface area contributed by atoms with Crippen LogP contribution >= 0.6 is 11.6 Å². The van der Waals surface area contributed by atoms with Crippen LogP contribution < -0.4 is 10.2 Å². The van der Waals surface area contributed by atoms with E-state index in [1.807, 2.05) is 48.5 Å². The number of carbonyl (C=O) groups is 2. The number of benzene rings is 2. The Morgan fingerprint density at radius 3 is 2.56 bits per heavy atom. The summed E-state index contributed by atoms with van der Waals surface area (Å²) >= 11 is 5.89. The molecule has 1 aliphatic heterocycles. The van der Waals surface area contributed by atoms with Crippen LogP contribution in [0.5, 0.6) is 0 Å². The van der Waals surface area contributed by atoms with Crippen LogP contribution in [0.2, 0.25) is 5.02 Å². The van der Waals surface area contributed by atoms with Crippen LogP contribution in [0.25, 0.3) is 0 Å². The minimum atomic E-state index is -1.12. The highest BCUT2D eigenvalue weighted by molar-refractivity contribution is 6.30. The summed E-state index contributed by atoms with van der Waals surface area (Å²) in [5.41, 5.74) is 2.06. The predicted octanol–water partition coefficient (Wildman–Crippen LogP) is 4.00. The average molecular weight is 385 g/mol. The Balaban J connectivity index is 1.63. The molecule has 2 amide bonds. The summed E-state index contributed by atoms with van der Waals surface area (Å²) in [6.07, 6.45) is 2.57. The molecule has 4 nitrogen and oxygen atoms in total. The molecule has 0 saturated heterocycles. The second-order valence-corrected chi connectivity index (χ2v) is 7.88. The predicted molar refractivity (Wildman–Crippen MR) is 109 cm³/mol. The van der Waals surface area contributed by atoms with Crippen LogP contribution in [-0.2, 0) is 22.4 Å². The van der Waals surface area contributed by atoms with Crippen molar-refractivity contribution in [1.82, 2.24) is 5.32 Å². The molecule has 0 bridgehead atoms. The normalized spacial score (nSPS) is 13.8. The van der Waals surface area contributed by atoms with Crippen molar-refractivity contribution >= 4 is 29.1 Å². The van der Waals surface area contributed by atoms with Gasteiger partial charge in [0, 0.05) is 23.8 Å². The highest BCUT2D eigenvalue weighted by Crippen LogP contribution is 2.31. The Bertz CT molecular complexity index is 830. The molecule has 27 heavy (non-hydrogen) atoms. The van der Waals surface area contributed by atoms with Gasteiger partial charge >= 0.3 is 0 Å². The molecule has 0 saturated carbocycles. The smallest absolute Gasteiger partial charge is 0.242 e. The number of amides is 2. The third kappa shape index (κ3) is 4.33. The van der Waals surface area contributed by atoms with Gasteiger partial charge in [-0.25, -0.2) is 0 Å². The molecule has 0 aromatic heterocycles. The van der Waals surface area contributed by atoms with Gasteiger partial charge in [0.15, 0.2) is 0 Å². The SMILES string of the molecule is CC(C)(C(=O)NCCc1ccc(Cl)cc1)C(=O)N1CCCc2ccccc21. The minimum Gasteiger partial charge on any atom is -0.355 e. The molecule has 1 N–H and O–H groups in total. The van der Waals surface area contributed by atoms with E-state index in [-0.39, 0.29) is 11.8 Å². The molecule has 5 heteroatoms. The minimum absolute atomic E-state index is 0.154. The maximum absolute atomic E-state index is 13.1. The zero-order chi connectivity index (χ0) is 19.4. The van der Waals surface area contributed by atoms with E-state index in [0.717, 1.165) is 29.7 Å². The van der Waals surface area contributed by atoms with E-state index in [2.05, 4.69) is 5.32 Å². The zero-order valence-corrected chi connectivity index (χ0v) is 16.6. The van der Waals surface area contributed by atoms with Gasteiger partial charge in [0.1, 0.15) is 5.41 Å². The number of fused-ring (bicyclic) bond motifs is 1. The first kappa shape index (κ1) is 19.4. The summed E-state index contributed by atoms with van der Waals surface area (Å²) in [4.78, 5) is 27.6. The molecule has 2 aromatic rings. The van der Waals surface area contributed by atoms with Crippen LogP contribution in [0.4, 0.5) is 5.69 Å². The highest BCUT2D eigenvalue weighted by Gasteiger charge is 2.40. The van der Waals surface area contributed by atoms with Gasteiger partial charge in [0.25, 0.3) is 0 Å². The fourth-order valence-corrected chi connectivity index (χ4v) is 3.50. The van der Waals surface area contributed by atoms with E-state index in [1.165, 1.54) is 0 Å². The molecule has 2 aromatic carbocycles. The maximum atomic E-state index is 13.1. The molecule has 0 aliphatic carbocycles. The third-order valence-corrected chi connectivity index (χ3v) is 5.32. The van der Waals surface area contributed by atoms with Crippen LogP contribution in [0.1, 0.15) is 31.4 Å². The number of aryl methyl sites for hydroxylation is 1. The first-order valence-electron chi connectivity index (χ1n) is 9.32. The lowest BCUT2D eigenvalue weighted by molar-refractivity contribution is -0.139. The monoisotopic (exact) mass is 384 g/mol. The molecule has 0 unspecified atom stereocenters. The van der Waals surface area contributed by atoms with Gasteiger partial charge in [0.2, 0.25) is 11.8 Å². The Morgan fingerprint density at radius 1 is 1.11 bits per heavy atom. The fraction of sp³-hybridized carbons (Fsp3) is 0.364. The number of hydrogen-bond acceptors (Lipinski definition) is 2. The summed E-state index contributed by atoms with van der Waals surface area (Å²) in [7, 11) is 0. The zero-order valence-electron chi connectivity index (χ0n) is 15.8. The average Bonchev–Trinajstić information content (AvgIpc) is 2.68. The summed E-state index contributed by atoms with van der Waals surface area (Å²) in [5, 5.41) is 3.60. The largest absolute Gasteiger partial charge is 0.355 e. The molecular formula is C22H25ClN2O2. The standard InChI is InChI=1S/C22H25ClN2O2/c1-22(2,20(26)24-14-13-16-9-11-18(23)12-10-16)21(27)25-15-5-7-17-6-3-4-8-19(17)25/h3-4,6,8-12H,5,7,13-15H2,1-2H3,(H,24,26). The number of anilines is 1. The van der Waals surface area contributed by atoms with E-state index >= 15 is 0 Å². The van der Waals surface area contributed by atoms with E-state index in [4.69, 9.17) is 11.6 Å². The van der Waals surface area contributed by atoms with Gasteiger partial charge in [-0.2, -0.15) is 0 Å². The molecule has 0 spiro atoms. The molecular weight excluding hydrogens is 360 g/mol. The van der Waals surface area contributed by atoms with Crippen LogP contribution in [0.3, 0.4) is 0 Å². The van der Waals surface area contributed by atoms with Crippen molar-refractivity contribution in [2.24, 2.45) is 5.41 Å². The van der Waals surface area contributed by atoms with Gasteiger partial charge in [0.05, 0.1) is 0 Å². The number of hydrogen-bond donors (Lipinski definition) is 1. The van der Waals surface area contributed by atoms with E-state index < -0.39 is 5.41 Å². The Hall–Kier alpha value is -2.33. The van der Waals surface area contributed by atoms with Crippen LogP contribution in [0.15, 0.2) is 48.5 Å². The number of nitrogens with one attached hydrogen (secondary N) is 1. The fourth-order valence-electron chi connectivity index (χ4n) is 3.37.